The molecule has 0 atom stereocenters. The summed E-state index contributed by atoms with van der Waals surface area (Å²) in [4.78, 5) is 0. The second-order valence-electron chi connectivity index (χ2n) is 19.2. The van der Waals surface area contributed by atoms with E-state index in [0.29, 0.717) is 0 Å². The Labute approximate surface area is 167 Å². The van der Waals surface area contributed by atoms with Crippen molar-refractivity contribution in [3.63, 3.8) is 0 Å². The molecule has 0 unspecified atom stereocenters. The third-order valence-electron chi connectivity index (χ3n) is 11.0. The third-order valence-corrected chi connectivity index (χ3v) is 138. The molecular formula is C25H56HfNSi. The van der Waals surface area contributed by atoms with E-state index in [2.05, 4.69) is 69.6 Å². The van der Waals surface area contributed by atoms with Crippen LogP contribution in [0.4, 0.5) is 0 Å². The summed E-state index contributed by atoms with van der Waals surface area (Å²) in [6.45, 7) is 8.65. The Bertz CT molecular complexity index is 684. The molecule has 0 heterocycles. The van der Waals surface area contributed by atoms with E-state index in [1.165, 1.54) is 64.2 Å². The molecule has 0 spiro atoms. The van der Waals surface area contributed by atoms with Crippen LogP contribution >= 0.6 is 0 Å². The normalized spacial score (nSPS) is 22.5. The molecule has 0 radical (unpaired) electrons. The van der Waals surface area contributed by atoms with Crippen LogP contribution in [-0.2, 0) is 12.1 Å². The van der Waals surface area contributed by atoms with Crippen molar-refractivity contribution >= 4 is 5.98 Å². The Kier molecular flexibility index (Phi) is 5.36. The van der Waals surface area contributed by atoms with Crippen molar-refractivity contribution in [1.29, 1.82) is 0 Å². The maximum atomic E-state index is 4.47. The summed E-state index contributed by atoms with van der Waals surface area (Å²) in [5.74, 6) is -1.16. The molecule has 0 bridgehead atoms. The first-order chi connectivity index (χ1) is 12.3. The van der Waals surface area contributed by atoms with Gasteiger partial charge in [-0.15, -0.1) is 0 Å². The Hall–Kier alpha value is 0.527. The van der Waals surface area contributed by atoms with Gasteiger partial charge in [0.25, 0.3) is 0 Å². The molecule has 0 aromatic rings. The minimum atomic E-state index is -5.15. The van der Waals surface area contributed by atoms with Gasteiger partial charge >= 0.3 is 161 Å². The summed E-state index contributed by atoms with van der Waals surface area (Å²) in [5, 5.41) is 0. The van der Waals surface area contributed by atoms with E-state index in [4.69, 9.17) is 0 Å². The predicted octanol–water partition coefficient (Wildman–Crippen LogP) is 9.36. The van der Waals surface area contributed by atoms with Crippen LogP contribution in [0, 0.1) is 0 Å². The molecule has 0 aliphatic heterocycles. The van der Waals surface area contributed by atoms with Gasteiger partial charge in [-0.1, -0.05) is 6.92 Å². The molecule has 1 aliphatic rings. The molecule has 0 saturated carbocycles. The van der Waals surface area contributed by atoms with Gasteiger partial charge in [-0.05, 0) is 0 Å². The van der Waals surface area contributed by atoms with E-state index in [-0.39, 0.29) is 0 Å². The molecule has 1 aliphatic carbocycles. The SMILES string of the molecule is CCCCCCCCCCCC[NH][Hf]([CH3])([CH3])([CH3])([CH3])([CH3])([CH3])([C]1=CC=CC1)[SiH](C)C. The fraction of sp³-hybridized carbons (Fsp3) is 0.840. The van der Waals surface area contributed by atoms with Crippen LogP contribution in [0.1, 0.15) is 77.6 Å². The van der Waals surface area contributed by atoms with E-state index in [1.807, 2.05) is 0 Å². The van der Waals surface area contributed by atoms with Gasteiger partial charge in [-0.3, -0.25) is 0 Å². The summed E-state index contributed by atoms with van der Waals surface area (Å²) < 4.78 is 22.5. The molecule has 0 fully saturated rings. The van der Waals surface area contributed by atoms with Crippen LogP contribution < -0.4 is 3.30 Å². The second kappa shape index (κ2) is 5.65. The van der Waals surface area contributed by atoms with Gasteiger partial charge in [-0.2, -0.15) is 0 Å². The monoisotopic (exact) mass is 578 g/mol. The van der Waals surface area contributed by atoms with E-state index < -0.39 is 18.1 Å². The van der Waals surface area contributed by atoms with Crippen molar-refractivity contribution in [2.75, 3.05) is 6.54 Å². The maximum absolute atomic E-state index is 5.15. The van der Waals surface area contributed by atoms with Crippen LogP contribution in [0.25, 0.3) is 0 Å². The zero-order valence-corrected chi connectivity index (χ0v) is 26.0. The van der Waals surface area contributed by atoms with E-state index in [1.54, 1.807) is 3.33 Å². The first kappa shape index (κ1) is 26.6. The average molecular weight is 577 g/mol. The predicted molar refractivity (Wildman–Crippen MR) is 136 cm³/mol. The summed E-state index contributed by atoms with van der Waals surface area (Å²) in [6.07, 6.45) is 22.3. The molecule has 0 aromatic carbocycles. The van der Waals surface area contributed by atoms with E-state index in [9.17, 15) is 0 Å². The van der Waals surface area contributed by atoms with Crippen LogP contribution in [-0.4, -0.2) is 12.5 Å². The molecule has 1 nitrogen and oxygen atoms in total. The van der Waals surface area contributed by atoms with Crippen LogP contribution in [0.15, 0.2) is 21.6 Å². The molecule has 3 heteroatoms. The topological polar surface area (TPSA) is 12.0 Å². The second-order valence-corrected chi connectivity index (χ2v) is 162. The van der Waals surface area contributed by atoms with Gasteiger partial charge in [0, 0.05) is 0 Å². The number of unbranched alkanes of at least 4 members (excludes halogenated alkanes) is 9. The summed E-state index contributed by atoms with van der Waals surface area (Å²) >= 11 is -5.15. The van der Waals surface area contributed by atoms with Crippen molar-refractivity contribution < 1.29 is 12.1 Å². The van der Waals surface area contributed by atoms with Gasteiger partial charge < -0.3 is 0 Å². The molecular weight excluding hydrogens is 521 g/mol. The molecule has 0 aromatic heterocycles. The fourth-order valence-electron chi connectivity index (χ4n) is 5.03. The first-order valence-electron chi connectivity index (χ1n) is 12.7. The number of rotatable bonds is 14. The first-order valence-corrected chi connectivity index (χ1v) is 47.0. The van der Waals surface area contributed by atoms with Crippen molar-refractivity contribution in [1.82, 2.24) is 3.30 Å². The summed E-state index contributed by atoms with van der Waals surface area (Å²) in [5.41, 5.74) is 0. The van der Waals surface area contributed by atoms with E-state index >= 15 is 0 Å². The van der Waals surface area contributed by atoms with Crippen molar-refractivity contribution in [3.8, 4) is 0 Å². The standard InChI is InChI=1S/C12H26N.C5H5.C2H7Si.6CH3.Hf/c1-2-3-4-5-6-7-8-9-10-11-12-13;1-2-4-5-3-1;1-3-2;;;;;;;/h13H,2-12H2,1H3;1-3H,4H2;3H,1-2H3;6*1H3;/q-1;;;;;;;;;+1. The zero-order valence-electron chi connectivity index (χ0n) is 21.3. The molecule has 1 N–H and O–H groups in total. The number of hydrogen-bond donors (Lipinski definition) is 1. The Balaban J connectivity index is 2.70. The van der Waals surface area contributed by atoms with Crippen molar-refractivity contribution in [2.24, 2.45) is 0 Å². The van der Waals surface area contributed by atoms with Gasteiger partial charge in [0.05, 0.1) is 0 Å². The Morgan fingerprint density at radius 2 is 1.25 bits per heavy atom. The molecule has 0 amide bonds. The zero-order chi connectivity index (χ0) is 21.8. The van der Waals surface area contributed by atoms with Gasteiger partial charge in [-0.25, -0.2) is 0 Å². The molecule has 1 rings (SSSR count). The number of nitrogens with one attached hydrogen (secondary N) is 1. The van der Waals surface area contributed by atoms with Gasteiger partial charge in [0.1, 0.15) is 0 Å². The van der Waals surface area contributed by atoms with Crippen LogP contribution in [0.5, 0.6) is 0 Å². The van der Waals surface area contributed by atoms with Crippen LogP contribution in [0.3, 0.4) is 0 Å². The quantitative estimate of drug-likeness (QED) is 0.160. The third kappa shape index (κ3) is 5.05. The van der Waals surface area contributed by atoms with Crippen LogP contribution in [0.2, 0.25) is 41.2 Å². The Morgan fingerprint density at radius 1 is 0.786 bits per heavy atom. The Morgan fingerprint density at radius 3 is 1.64 bits per heavy atom. The summed E-state index contributed by atoms with van der Waals surface area (Å²) in [7, 11) is 0. The van der Waals surface area contributed by atoms with Gasteiger partial charge in [0.15, 0.2) is 0 Å². The summed E-state index contributed by atoms with van der Waals surface area (Å²) in [6, 6.07) is 0. The van der Waals surface area contributed by atoms with Crippen molar-refractivity contribution in [2.45, 2.75) is 119 Å². The average Bonchev–Trinajstić information content (AvgIpc) is 3.08. The molecule has 169 valence electrons. The fourth-order valence-corrected chi connectivity index (χ4v) is 39.5. The molecule has 0 saturated heterocycles. The molecule has 28 heavy (non-hydrogen) atoms. The van der Waals surface area contributed by atoms with Gasteiger partial charge in [0.2, 0.25) is 0 Å². The van der Waals surface area contributed by atoms with E-state index in [0.717, 1.165) is 13.0 Å². The minimum absolute atomic E-state index is 1.12. The number of hydrogen-bond acceptors (Lipinski definition) is 1. The van der Waals surface area contributed by atoms with Crippen molar-refractivity contribution in [3.05, 3.63) is 21.6 Å². The number of allylic oxidation sites excluding steroid dienone is 4.